The summed E-state index contributed by atoms with van der Waals surface area (Å²) in [7, 11) is -4.25. The van der Waals surface area contributed by atoms with Gasteiger partial charge in [-0.3, -0.25) is 14.2 Å². The molecule has 0 aliphatic carbocycles. The van der Waals surface area contributed by atoms with Crippen LogP contribution >= 0.6 is 7.82 Å². The minimum absolute atomic E-state index is 0.0578. The molecule has 0 fully saturated rings. The van der Waals surface area contributed by atoms with E-state index in [1.54, 1.807) is 0 Å². The number of allylic oxidation sites excluding steroid dienone is 1. The lowest BCUT2D eigenvalue weighted by Crippen LogP contribution is -2.20. The molecule has 0 aromatic heterocycles. The van der Waals surface area contributed by atoms with Gasteiger partial charge < -0.3 is 9.84 Å². The molecule has 1 amide bonds. The molecule has 0 saturated carbocycles. The molecule has 33 heavy (non-hydrogen) atoms. The molecule has 0 aliphatic rings. The third-order valence-electron chi connectivity index (χ3n) is 3.28. The largest absolute Gasteiger partial charge is 0.535 e. The SMILES string of the molecule is C=C=C=C(C#CC#CC#CC#CC#CC#COP(=O)(O)OCCCCCCNC(C)=O)CC. The second-order valence-corrected chi connectivity index (χ2v) is 7.28. The van der Waals surface area contributed by atoms with Gasteiger partial charge in [-0.1, -0.05) is 31.2 Å². The molecule has 0 aromatic rings. The van der Waals surface area contributed by atoms with Gasteiger partial charge in [0.1, 0.15) is 6.11 Å². The Balaban J connectivity index is 4.24. The zero-order valence-corrected chi connectivity index (χ0v) is 19.6. The van der Waals surface area contributed by atoms with E-state index in [1.165, 1.54) is 6.92 Å². The van der Waals surface area contributed by atoms with Crippen LogP contribution in [0.1, 0.15) is 46.0 Å². The maximum Gasteiger partial charge on any atom is 0.535 e. The van der Waals surface area contributed by atoms with E-state index < -0.39 is 7.82 Å². The van der Waals surface area contributed by atoms with Crippen molar-refractivity contribution in [2.75, 3.05) is 13.2 Å². The van der Waals surface area contributed by atoms with Crippen LogP contribution in [0, 0.1) is 71.2 Å². The normalized spacial score (nSPS) is 9.55. The summed E-state index contributed by atoms with van der Waals surface area (Å²) in [6.07, 6.45) is 5.79. The van der Waals surface area contributed by atoms with Gasteiger partial charge in [0, 0.05) is 43.1 Å². The number of phosphoric acid groups is 1. The summed E-state index contributed by atoms with van der Waals surface area (Å²) < 4.78 is 20.9. The summed E-state index contributed by atoms with van der Waals surface area (Å²) in [6, 6.07) is 0. The Kier molecular flexibility index (Phi) is 17.6. The van der Waals surface area contributed by atoms with Crippen molar-refractivity contribution in [3.8, 4) is 71.2 Å². The average Bonchev–Trinajstić information content (AvgIpc) is 2.77. The van der Waals surface area contributed by atoms with Gasteiger partial charge >= 0.3 is 7.82 Å². The van der Waals surface area contributed by atoms with E-state index in [0.29, 0.717) is 19.4 Å². The van der Waals surface area contributed by atoms with Gasteiger partial charge in [-0.25, -0.2) is 4.57 Å². The Morgan fingerprint density at radius 2 is 1.52 bits per heavy atom. The zero-order valence-electron chi connectivity index (χ0n) is 18.7. The highest BCUT2D eigenvalue weighted by Crippen LogP contribution is 2.42. The van der Waals surface area contributed by atoms with Crippen LogP contribution < -0.4 is 5.32 Å². The van der Waals surface area contributed by atoms with Crippen LogP contribution in [-0.4, -0.2) is 24.0 Å². The van der Waals surface area contributed by atoms with Gasteiger partial charge in [-0.15, -0.1) is 0 Å². The molecule has 0 rings (SSSR count). The van der Waals surface area contributed by atoms with Crippen molar-refractivity contribution in [3.63, 3.8) is 0 Å². The zero-order chi connectivity index (χ0) is 24.6. The fourth-order valence-electron chi connectivity index (χ4n) is 1.83. The topological polar surface area (TPSA) is 84.9 Å². The molecule has 2 N–H and O–H groups in total. The molecule has 1 unspecified atom stereocenters. The van der Waals surface area contributed by atoms with E-state index in [-0.39, 0.29) is 12.5 Å². The predicted molar refractivity (Wildman–Crippen MR) is 127 cm³/mol. The third kappa shape index (κ3) is 21.1. The summed E-state index contributed by atoms with van der Waals surface area (Å²) in [6.45, 7) is 7.50. The molecule has 0 heterocycles. The Bertz CT molecular complexity index is 1180. The molecule has 0 aliphatic heterocycles. The average molecular weight is 461 g/mol. The quantitative estimate of drug-likeness (QED) is 0.226. The number of carbonyl (C=O) groups is 1. The molecule has 0 radical (unpaired) electrons. The number of unbranched alkanes of at least 4 members (excludes halogenated alkanes) is 3. The van der Waals surface area contributed by atoms with E-state index in [4.69, 9.17) is 4.52 Å². The van der Waals surface area contributed by atoms with E-state index in [1.807, 2.05) is 13.0 Å². The maximum absolute atomic E-state index is 11.6. The number of rotatable bonds is 10. The van der Waals surface area contributed by atoms with Gasteiger partial charge in [-0.05, 0) is 61.4 Å². The lowest BCUT2D eigenvalue weighted by Gasteiger charge is -2.08. The lowest BCUT2D eigenvalue weighted by molar-refractivity contribution is -0.118. The number of nitrogens with one attached hydrogen (secondary N) is 1. The Morgan fingerprint density at radius 3 is 2.09 bits per heavy atom. The molecular weight excluding hydrogens is 437 g/mol. The lowest BCUT2D eigenvalue weighted by atomic mass is 10.2. The minimum Gasteiger partial charge on any atom is -0.356 e. The van der Waals surface area contributed by atoms with Crippen molar-refractivity contribution in [1.82, 2.24) is 5.32 Å². The minimum atomic E-state index is -4.25. The molecule has 0 spiro atoms. The second kappa shape index (κ2) is 20.0. The van der Waals surface area contributed by atoms with E-state index >= 15 is 0 Å². The fraction of sp³-hybridized carbons (Fsp3) is 0.346. The van der Waals surface area contributed by atoms with Crippen molar-refractivity contribution in [3.05, 3.63) is 23.6 Å². The maximum atomic E-state index is 11.6. The van der Waals surface area contributed by atoms with Gasteiger partial charge in [0.2, 0.25) is 5.91 Å². The van der Waals surface area contributed by atoms with Gasteiger partial charge in [0.25, 0.3) is 0 Å². The van der Waals surface area contributed by atoms with E-state index in [0.717, 1.165) is 24.8 Å². The predicted octanol–water partition coefficient (Wildman–Crippen LogP) is 3.07. The smallest absolute Gasteiger partial charge is 0.356 e. The molecule has 1 atom stereocenters. The molecule has 0 saturated heterocycles. The molecule has 7 heteroatoms. The highest BCUT2D eigenvalue weighted by atomic mass is 31.2. The summed E-state index contributed by atoms with van der Waals surface area (Å²) in [4.78, 5) is 20.2. The van der Waals surface area contributed by atoms with Gasteiger partial charge in [-0.2, -0.15) is 0 Å². The number of phosphoric ester groups is 1. The van der Waals surface area contributed by atoms with Crippen LogP contribution in [0.4, 0.5) is 0 Å². The van der Waals surface area contributed by atoms with E-state index in [9.17, 15) is 14.3 Å². The monoisotopic (exact) mass is 461 g/mol. The van der Waals surface area contributed by atoms with Crippen molar-refractivity contribution >= 4 is 13.7 Å². The molecule has 0 bridgehead atoms. The summed E-state index contributed by atoms with van der Waals surface area (Å²) in [5.74, 6) is 27.3. The highest BCUT2D eigenvalue weighted by molar-refractivity contribution is 7.47. The van der Waals surface area contributed by atoms with Crippen LogP contribution in [0.5, 0.6) is 0 Å². The van der Waals surface area contributed by atoms with Crippen LogP contribution in [0.15, 0.2) is 23.6 Å². The van der Waals surface area contributed by atoms with Crippen molar-refractivity contribution in [2.24, 2.45) is 0 Å². The first-order chi connectivity index (χ1) is 15.9. The molecular formula is C26H24NO5P. The third-order valence-corrected chi connectivity index (χ3v) is 4.11. The van der Waals surface area contributed by atoms with Crippen molar-refractivity contribution in [2.45, 2.75) is 46.0 Å². The Hall–Kier alpha value is -3.92. The van der Waals surface area contributed by atoms with Crippen LogP contribution in [0.3, 0.4) is 0 Å². The van der Waals surface area contributed by atoms with Crippen LogP contribution in [0.25, 0.3) is 0 Å². The van der Waals surface area contributed by atoms with Gasteiger partial charge in [0.15, 0.2) is 0 Å². The molecule has 168 valence electrons. The first-order valence-electron chi connectivity index (χ1n) is 9.96. The van der Waals surface area contributed by atoms with Crippen molar-refractivity contribution in [1.29, 1.82) is 0 Å². The number of hydrogen-bond acceptors (Lipinski definition) is 4. The van der Waals surface area contributed by atoms with E-state index in [2.05, 4.69) is 93.0 Å². The summed E-state index contributed by atoms with van der Waals surface area (Å²) in [5.41, 5.74) is 6.06. The number of carbonyl (C=O) groups excluding carboxylic acids is 1. The first kappa shape index (κ1) is 29.1. The second-order valence-electron chi connectivity index (χ2n) is 5.90. The molecule has 6 nitrogen and oxygen atoms in total. The first-order valence-corrected chi connectivity index (χ1v) is 11.5. The standard InChI is InChI=1S/C26H24NO5P/c1-4-20-26(5-2)21-16-12-10-8-6-7-9-11-14-18-23-31-33(29,30)32-24-19-15-13-17-22-27-25(3)28/h1,5,13,15,17,19,22,24H2,2-3H3,(H,27,28)(H,29,30). The Labute approximate surface area is 196 Å². The molecule has 0 aromatic carbocycles. The van der Waals surface area contributed by atoms with Crippen LogP contribution in [-0.2, 0) is 18.4 Å². The number of amides is 1. The Morgan fingerprint density at radius 1 is 0.939 bits per heavy atom. The van der Waals surface area contributed by atoms with Gasteiger partial charge in [0.05, 0.1) is 12.2 Å². The van der Waals surface area contributed by atoms with Crippen molar-refractivity contribution < 1.29 is 23.3 Å². The summed E-state index contributed by atoms with van der Waals surface area (Å²) in [5, 5.41) is 2.69. The fourth-order valence-corrected chi connectivity index (χ4v) is 2.40. The highest BCUT2D eigenvalue weighted by Gasteiger charge is 2.20. The summed E-state index contributed by atoms with van der Waals surface area (Å²) >= 11 is 0. The number of hydrogen-bond donors (Lipinski definition) is 2. The van der Waals surface area contributed by atoms with Crippen LogP contribution in [0.2, 0.25) is 0 Å².